The highest BCUT2D eigenvalue weighted by Gasteiger charge is 2.26. The van der Waals surface area contributed by atoms with Crippen molar-refractivity contribution in [3.8, 4) is 12.1 Å². The van der Waals surface area contributed by atoms with Gasteiger partial charge in [-0.1, -0.05) is 12.7 Å². The predicted octanol–water partition coefficient (Wildman–Crippen LogP) is 2.53. The van der Waals surface area contributed by atoms with Crippen molar-refractivity contribution in [2.45, 2.75) is 44.7 Å². The summed E-state index contributed by atoms with van der Waals surface area (Å²) in [6.45, 7) is 8.31. The third-order valence-corrected chi connectivity index (χ3v) is 2.21. The van der Waals surface area contributed by atoms with Crippen LogP contribution in [0.5, 0.6) is 0 Å². The van der Waals surface area contributed by atoms with Crippen molar-refractivity contribution in [2.24, 2.45) is 10.2 Å². The summed E-state index contributed by atoms with van der Waals surface area (Å²) >= 11 is 0. The quantitative estimate of drug-likeness (QED) is 0.400. The third kappa shape index (κ3) is 6.95. The molecule has 102 valence electrons. The fraction of sp³-hybridized carbons (Fsp3) is 0.615. The molecule has 0 aromatic heterocycles. The molecule has 1 unspecified atom stereocenters. The Hall–Kier alpha value is -2.21. The molecule has 0 heterocycles. The van der Waals surface area contributed by atoms with E-state index in [1.54, 1.807) is 20.8 Å². The Balaban J connectivity index is 4.57. The Bertz CT molecular complexity index is 443. The fourth-order valence-electron chi connectivity index (χ4n) is 0.955. The summed E-state index contributed by atoms with van der Waals surface area (Å²) in [5.74, 6) is -0.420. The number of carbonyl (C=O) groups excluding carboxylic acids is 1. The van der Waals surface area contributed by atoms with Gasteiger partial charge in [-0.2, -0.15) is 20.8 Å². The lowest BCUT2D eigenvalue weighted by Gasteiger charge is -2.16. The second kappa shape index (κ2) is 7.27. The Morgan fingerprint density at radius 3 is 2.42 bits per heavy atom. The highest BCUT2D eigenvalue weighted by Crippen LogP contribution is 2.20. The molecule has 0 N–H and O–H groups in total. The Morgan fingerprint density at radius 1 is 1.32 bits per heavy atom. The molecule has 19 heavy (non-hydrogen) atoms. The van der Waals surface area contributed by atoms with E-state index in [2.05, 4.69) is 16.8 Å². The van der Waals surface area contributed by atoms with Crippen molar-refractivity contribution in [3.63, 3.8) is 0 Å². The van der Waals surface area contributed by atoms with E-state index >= 15 is 0 Å². The first-order valence-corrected chi connectivity index (χ1v) is 5.81. The smallest absolute Gasteiger partial charge is 0.306 e. The van der Waals surface area contributed by atoms with E-state index < -0.39 is 17.0 Å². The maximum atomic E-state index is 11.3. The predicted molar refractivity (Wildman–Crippen MR) is 69.0 cm³/mol. The molecule has 0 aromatic rings. The standard InChI is InChI=1S/C13H18N4O2/c1-5-8-19-11(18)6-7-13(4,10-15)17-16-12(2,3)9-14/h5H,1,6-8H2,2-4H3/b17-16+. The minimum atomic E-state index is -1.14. The number of carbonyl (C=O) groups is 1. The monoisotopic (exact) mass is 262 g/mol. The number of hydrogen-bond donors (Lipinski definition) is 0. The Morgan fingerprint density at radius 2 is 1.95 bits per heavy atom. The van der Waals surface area contributed by atoms with Gasteiger partial charge in [0.05, 0.1) is 12.1 Å². The van der Waals surface area contributed by atoms with E-state index in [0.717, 1.165) is 0 Å². The van der Waals surface area contributed by atoms with E-state index in [9.17, 15) is 4.79 Å². The topological polar surface area (TPSA) is 98.6 Å². The first-order valence-electron chi connectivity index (χ1n) is 5.81. The van der Waals surface area contributed by atoms with E-state index in [0.29, 0.717) is 0 Å². The molecular weight excluding hydrogens is 244 g/mol. The van der Waals surface area contributed by atoms with Crippen LogP contribution in [0, 0.1) is 22.7 Å². The number of azo groups is 1. The lowest BCUT2D eigenvalue weighted by atomic mass is 9.99. The van der Waals surface area contributed by atoms with Gasteiger partial charge in [0.2, 0.25) is 0 Å². The van der Waals surface area contributed by atoms with Crippen molar-refractivity contribution in [1.82, 2.24) is 0 Å². The van der Waals surface area contributed by atoms with Crippen LogP contribution in [0.25, 0.3) is 0 Å². The van der Waals surface area contributed by atoms with Crippen molar-refractivity contribution in [3.05, 3.63) is 12.7 Å². The van der Waals surface area contributed by atoms with Gasteiger partial charge in [-0.05, 0) is 27.2 Å². The van der Waals surface area contributed by atoms with Crippen LogP contribution in [0.3, 0.4) is 0 Å². The van der Waals surface area contributed by atoms with Gasteiger partial charge in [-0.3, -0.25) is 4.79 Å². The number of rotatable bonds is 7. The molecule has 0 aliphatic rings. The third-order valence-electron chi connectivity index (χ3n) is 2.21. The van der Waals surface area contributed by atoms with Gasteiger partial charge in [0.1, 0.15) is 6.61 Å². The Labute approximate surface area is 113 Å². The second-order valence-corrected chi connectivity index (χ2v) is 4.73. The van der Waals surface area contributed by atoms with Crippen molar-refractivity contribution >= 4 is 5.97 Å². The van der Waals surface area contributed by atoms with Crippen LogP contribution in [0.1, 0.15) is 33.6 Å². The van der Waals surface area contributed by atoms with Gasteiger partial charge in [0, 0.05) is 6.42 Å². The average Bonchev–Trinajstić information content (AvgIpc) is 2.40. The fourth-order valence-corrected chi connectivity index (χ4v) is 0.955. The van der Waals surface area contributed by atoms with Gasteiger partial charge < -0.3 is 4.74 Å². The summed E-state index contributed by atoms with van der Waals surface area (Å²) in [6, 6.07) is 3.95. The van der Waals surface area contributed by atoms with Crippen LogP contribution in [0.4, 0.5) is 0 Å². The molecule has 0 amide bonds. The summed E-state index contributed by atoms with van der Waals surface area (Å²) in [4.78, 5) is 11.3. The number of esters is 1. The van der Waals surface area contributed by atoms with Gasteiger partial charge in [-0.15, -0.1) is 0 Å². The maximum Gasteiger partial charge on any atom is 0.306 e. The molecule has 0 aliphatic heterocycles. The first kappa shape index (κ1) is 16.8. The SMILES string of the molecule is C=CCOC(=O)CCC(C)(C#N)/N=N/C(C)(C)C#N. The zero-order chi connectivity index (χ0) is 14.9. The second-order valence-electron chi connectivity index (χ2n) is 4.73. The lowest BCUT2D eigenvalue weighted by Crippen LogP contribution is -2.23. The normalized spacial score (nSPS) is 14.2. The molecule has 0 spiro atoms. The minimum Gasteiger partial charge on any atom is -0.461 e. The summed E-state index contributed by atoms with van der Waals surface area (Å²) in [7, 11) is 0. The van der Waals surface area contributed by atoms with E-state index in [1.807, 2.05) is 12.1 Å². The number of hydrogen-bond acceptors (Lipinski definition) is 6. The van der Waals surface area contributed by atoms with Crippen molar-refractivity contribution < 1.29 is 9.53 Å². The molecule has 0 saturated heterocycles. The zero-order valence-electron chi connectivity index (χ0n) is 11.5. The van der Waals surface area contributed by atoms with Crippen LogP contribution < -0.4 is 0 Å². The van der Waals surface area contributed by atoms with Gasteiger partial charge >= 0.3 is 5.97 Å². The highest BCUT2D eigenvalue weighted by molar-refractivity contribution is 5.69. The maximum absolute atomic E-state index is 11.3. The molecular formula is C13H18N4O2. The lowest BCUT2D eigenvalue weighted by molar-refractivity contribution is -0.142. The summed E-state index contributed by atoms with van der Waals surface area (Å²) in [5, 5.41) is 25.6. The van der Waals surface area contributed by atoms with Crippen LogP contribution in [0.2, 0.25) is 0 Å². The molecule has 6 heteroatoms. The summed E-state index contributed by atoms with van der Waals surface area (Å²) < 4.78 is 4.81. The molecule has 0 rings (SSSR count). The van der Waals surface area contributed by atoms with Gasteiger partial charge in [0.25, 0.3) is 0 Å². The Kier molecular flexibility index (Phi) is 6.43. The molecule has 0 saturated carbocycles. The average molecular weight is 262 g/mol. The van der Waals surface area contributed by atoms with E-state index in [1.165, 1.54) is 6.08 Å². The number of ether oxygens (including phenoxy) is 1. The largest absolute Gasteiger partial charge is 0.461 e. The van der Waals surface area contributed by atoms with Crippen molar-refractivity contribution in [1.29, 1.82) is 10.5 Å². The zero-order valence-corrected chi connectivity index (χ0v) is 11.5. The van der Waals surface area contributed by atoms with Gasteiger partial charge in [-0.25, -0.2) is 0 Å². The number of nitrogens with zero attached hydrogens (tertiary/aromatic N) is 4. The minimum absolute atomic E-state index is 0.0594. The molecule has 0 aromatic carbocycles. The van der Waals surface area contributed by atoms with Crippen molar-refractivity contribution in [2.75, 3.05) is 6.61 Å². The first-order chi connectivity index (χ1) is 8.78. The highest BCUT2D eigenvalue weighted by atomic mass is 16.5. The summed E-state index contributed by atoms with van der Waals surface area (Å²) in [6.07, 6.45) is 1.71. The van der Waals surface area contributed by atoms with Crippen LogP contribution in [-0.4, -0.2) is 23.7 Å². The molecule has 0 bridgehead atoms. The molecule has 1 atom stereocenters. The number of nitriles is 2. The van der Waals surface area contributed by atoms with Crippen LogP contribution >= 0.6 is 0 Å². The van der Waals surface area contributed by atoms with Crippen LogP contribution in [0.15, 0.2) is 22.9 Å². The molecule has 6 nitrogen and oxygen atoms in total. The molecule has 0 aliphatic carbocycles. The van der Waals surface area contributed by atoms with E-state index in [-0.39, 0.29) is 19.4 Å². The summed E-state index contributed by atoms with van der Waals surface area (Å²) in [5.41, 5.74) is -2.12. The molecule has 0 fully saturated rings. The van der Waals surface area contributed by atoms with E-state index in [4.69, 9.17) is 15.3 Å². The van der Waals surface area contributed by atoms with Crippen LogP contribution in [-0.2, 0) is 9.53 Å². The molecule has 0 radical (unpaired) electrons. The van der Waals surface area contributed by atoms with Gasteiger partial charge in [0.15, 0.2) is 11.1 Å².